The summed E-state index contributed by atoms with van der Waals surface area (Å²) in [6.07, 6.45) is 0. The van der Waals surface area contributed by atoms with E-state index in [0.717, 1.165) is 0 Å². The second-order valence-corrected chi connectivity index (χ2v) is 11.1. The molecule has 0 saturated carbocycles. The SMILES string of the molecule is CCOC(=O)c1cc(S(=O)(=O)N(CC)Cc2ccccc2Oc2ccc(Cl)c(Cl)c2)cc(Br)c1C. The van der Waals surface area contributed by atoms with E-state index < -0.39 is 16.0 Å². The van der Waals surface area contributed by atoms with Crippen LogP contribution in [0.25, 0.3) is 0 Å². The fraction of sp³-hybridized carbons (Fsp3) is 0.240. The van der Waals surface area contributed by atoms with Gasteiger partial charge < -0.3 is 9.47 Å². The Kier molecular flexibility index (Phi) is 9.23. The van der Waals surface area contributed by atoms with Gasteiger partial charge in [-0.05, 0) is 49.7 Å². The molecule has 3 aromatic rings. The van der Waals surface area contributed by atoms with Crippen LogP contribution >= 0.6 is 39.1 Å². The number of rotatable bonds is 9. The number of benzene rings is 3. The fourth-order valence-corrected chi connectivity index (χ4v) is 5.71. The van der Waals surface area contributed by atoms with Crippen LogP contribution in [0.3, 0.4) is 0 Å². The number of carbonyl (C=O) groups excluding carboxylic acids is 1. The van der Waals surface area contributed by atoms with Gasteiger partial charge in [-0.25, -0.2) is 13.2 Å². The maximum absolute atomic E-state index is 13.6. The van der Waals surface area contributed by atoms with E-state index in [1.54, 1.807) is 63.2 Å². The molecule has 0 unspecified atom stereocenters. The molecule has 0 fully saturated rings. The zero-order valence-corrected chi connectivity index (χ0v) is 23.3. The Bertz CT molecular complexity index is 1350. The van der Waals surface area contributed by atoms with Gasteiger partial charge in [-0.2, -0.15) is 4.31 Å². The third-order valence-corrected chi connectivity index (χ3v) is 8.70. The Hall–Kier alpha value is -2.10. The molecule has 6 nitrogen and oxygen atoms in total. The van der Waals surface area contributed by atoms with Crippen LogP contribution in [0.5, 0.6) is 11.5 Å². The Morgan fingerprint density at radius 1 is 1.03 bits per heavy atom. The van der Waals surface area contributed by atoms with E-state index in [4.69, 9.17) is 32.7 Å². The molecule has 0 saturated heterocycles. The minimum absolute atomic E-state index is 0.0113. The van der Waals surface area contributed by atoms with Crippen LogP contribution in [0.2, 0.25) is 10.0 Å². The average molecular weight is 601 g/mol. The lowest BCUT2D eigenvalue weighted by molar-refractivity contribution is 0.0525. The van der Waals surface area contributed by atoms with E-state index in [0.29, 0.717) is 37.1 Å². The lowest BCUT2D eigenvalue weighted by Crippen LogP contribution is -2.31. The zero-order valence-electron chi connectivity index (χ0n) is 19.3. The quantitative estimate of drug-likeness (QED) is 0.242. The minimum Gasteiger partial charge on any atom is -0.462 e. The number of hydrogen-bond acceptors (Lipinski definition) is 5. The van der Waals surface area contributed by atoms with Crippen molar-refractivity contribution >= 4 is 55.1 Å². The van der Waals surface area contributed by atoms with Crippen LogP contribution < -0.4 is 4.74 Å². The molecule has 0 radical (unpaired) electrons. The summed E-state index contributed by atoms with van der Waals surface area (Å²) in [5.74, 6) is 0.377. The molecule has 35 heavy (non-hydrogen) atoms. The first-order valence-corrected chi connectivity index (χ1v) is 13.8. The monoisotopic (exact) mass is 599 g/mol. The molecule has 0 aliphatic carbocycles. The predicted octanol–water partition coefficient (Wildman–Crippen LogP) is 7.24. The smallest absolute Gasteiger partial charge is 0.338 e. The summed E-state index contributed by atoms with van der Waals surface area (Å²) in [6, 6.07) is 14.9. The van der Waals surface area contributed by atoms with Crippen molar-refractivity contribution in [3.8, 4) is 11.5 Å². The molecule has 10 heteroatoms. The van der Waals surface area contributed by atoms with E-state index in [1.165, 1.54) is 16.4 Å². The van der Waals surface area contributed by atoms with Gasteiger partial charge in [0.25, 0.3) is 0 Å². The summed E-state index contributed by atoms with van der Waals surface area (Å²) in [5.41, 5.74) is 1.45. The van der Waals surface area contributed by atoms with Gasteiger partial charge in [-0.3, -0.25) is 0 Å². The highest BCUT2D eigenvalue weighted by Gasteiger charge is 2.27. The summed E-state index contributed by atoms with van der Waals surface area (Å²) < 4.78 is 40.1. The third kappa shape index (κ3) is 6.37. The second kappa shape index (κ2) is 11.8. The standard InChI is InChI=1S/C25H24BrCl2NO5S/c1-4-29(35(31,32)19-13-20(25(30)33-5-2)16(3)21(26)14-19)15-17-8-6-7-9-24(17)34-18-10-11-22(27)23(28)12-18/h6-14H,4-5,15H2,1-3H3. The average Bonchev–Trinajstić information content (AvgIpc) is 2.82. The molecular weight excluding hydrogens is 577 g/mol. The first-order chi connectivity index (χ1) is 16.6. The Balaban J connectivity index is 1.95. The van der Waals surface area contributed by atoms with Gasteiger partial charge >= 0.3 is 5.97 Å². The third-order valence-electron chi connectivity index (χ3n) is 5.24. The van der Waals surface area contributed by atoms with Crippen LogP contribution in [0, 0.1) is 6.92 Å². The number of sulfonamides is 1. The van der Waals surface area contributed by atoms with Crippen molar-refractivity contribution in [2.24, 2.45) is 0 Å². The van der Waals surface area contributed by atoms with Gasteiger partial charge in [0.1, 0.15) is 11.5 Å². The van der Waals surface area contributed by atoms with E-state index in [1.807, 2.05) is 0 Å². The lowest BCUT2D eigenvalue weighted by Gasteiger charge is -2.23. The van der Waals surface area contributed by atoms with Crippen molar-refractivity contribution in [2.75, 3.05) is 13.2 Å². The van der Waals surface area contributed by atoms with Gasteiger partial charge in [-0.15, -0.1) is 0 Å². The molecule has 3 aromatic carbocycles. The van der Waals surface area contributed by atoms with E-state index in [9.17, 15) is 13.2 Å². The fourth-order valence-electron chi connectivity index (χ4n) is 3.33. The van der Waals surface area contributed by atoms with Crippen LogP contribution in [0.15, 0.2) is 64.0 Å². The van der Waals surface area contributed by atoms with E-state index in [2.05, 4.69) is 15.9 Å². The van der Waals surface area contributed by atoms with E-state index >= 15 is 0 Å². The Morgan fingerprint density at radius 2 is 1.74 bits per heavy atom. The summed E-state index contributed by atoms with van der Waals surface area (Å²) in [6.45, 7) is 5.60. The van der Waals surface area contributed by atoms with Crippen molar-refractivity contribution < 1.29 is 22.7 Å². The highest BCUT2D eigenvalue weighted by molar-refractivity contribution is 9.10. The molecule has 0 amide bonds. The van der Waals surface area contributed by atoms with Gasteiger partial charge in [0.15, 0.2) is 0 Å². The molecular formula is C25H24BrCl2NO5S. The molecule has 0 N–H and O–H groups in total. The number of halogens is 3. The van der Waals surface area contributed by atoms with Gasteiger partial charge in [0.05, 0.1) is 27.1 Å². The maximum Gasteiger partial charge on any atom is 0.338 e. The van der Waals surface area contributed by atoms with Crippen LogP contribution in [0.4, 0.5) is 0 Å². The number of nitrogens with zero attached hydrogens (tertiary/aromatic N) is 1. The normalized spacial score (nSPS) is 11.5. The molecule has 186 valence electrons. The predicted molar refractivity (Wildman–Crippen MR) is 141 cm³/mol. The van der Waals surface area contributed by atoms with Crippen LogP contribution in [-0.2, 0) is 21.3 Å². The van der Waals surface area contributed by atoms with Gasteiger partial charge in [0, 0.05) is 29.2 Å². The number of hydrogen-bond donors (Lipinski definition) is 0. The van der Waals surface area contributed by atoms with E-state index in [-0.39, 0.29) is 30.2 Å². The van der Waals surface area contributed by atoms with Crippen molar-refractivity contribution in [3.63, 3.8) is 0 Å². The van der Waals surface area contributed by atoms with Crippen LogP contribution in [0.1, 0.15) is 35.3 Å². The molecule has 0 atom stereocenters. The number of esters is 1. The molecule has 0 bridgehead atoms. The maximum atomic E-state index is 13.6. The summed E-state index contributed by atoms with van der Waals surface area (Å²) in [7, 11) is -3.96. The first kappa shape index (κ1) is 27.5. The van der Waals surface area contributed by atoms with Crippen molar-refractivity contribution in [3.05, 3.63) is 85.8 Å². The summed E-state index contributed by atoms with van der Waals surface area (Å²) in [4.78, 5) is 12.4. The van der Waals surface area contributed by atoms with Crippen molar-refractivity contribution in [1.82, 2.24) is 4.31 Å². The summed E-state index contributed by atoms with van der Waals surface area (Å²) in [5, 5.41) is 0.753. The number of carbonyl (C=O) groups is 1. The lowest BCUT2D eigenvalue weighted by atomic mass is 10.1. The number of para-hydroxylation sites is 1. The minimum atomic E-state index is -3.96. The van der Waals surface area contributed by atoms with Crippen molar-refractivity contribution in [1.29, 1.82) is 0 Å². The van der Waals surface area contributed by atoms with Crippen molar-refractivity contribution in [2.45, 2.75) is 32.2 Å². The topological polar surface area (TPSA) is 72.9 Å². The van der Waals surface area contributed by atoms with Gasteiger partial charge in [-0.1, -0.05) is 64.3 Å². The molecule has 0 aliphatic rings. The molecule has 0 aliphatic heterocycles. The van der Waals surface area contributed by atoms with Gasteiger partial charge in [0.2, 0.25) is 10.0 Å². The Morgan fingerprint density at radius 3 is 2.40 bits per heavy atom. The highest BCUT2D eigenvalue weighted by Crippen LogP contribution is 2.33. The zero-order chi connectivity index (χ0) is 25.8. The molecule has 3 rings (SSSR count). The molecule has 0 spiro atoms. The second-order valence-electron chi connectivity index (χ2n) is 7.52. The summed E-state index contributed by atoms with van der Waals surface area (Å²) >= 11 is 15.5. The molecule has 0 aromatic heterocycles. The Labute approximate surface area is 223 Å². The highest BCUT2D eigenvalue weighted by atomic mass is 79.9. The first-order valence-electron chi connectivity index (χ1n) is 10.8. The largest absolute Gasteiger partial charge is 0.462 e. The van der Waals surface area contributed by atoms with Crippen LogP contribution in [-0.4, -0.2) is 31.8 Å². The molecule has 0 heterocycles. The number of ether oxygens (including phenoxy) is 2.